The van der Waals surface area contributed by atoms with Crippen molar-refractivity contribution in [3.8, 4) is 6.07 Å². The number of nitrogens with zero attached hydrogens (tertiary/aromatic N) is 2. The number of rotatable bonds is 3. The number of Topliss-reactive ketones (excluding diaryl/α,β-unsaturated/α-hetero) is 1. The number of hydrogen-bond donors (Lipinski definition) is 0. The molecule has 4 nitrogen and oxygen atoms in total. The van der Waals surface area contributed by atoms with Crippen LogP contribution in [0.4, 0.5) is 0 Å². The first-order chi connectivity index (χ1) is 7.74. The quantitative estimate of drug-likeness (QED) is 0.604. The van der Waals surface area contributed by atoms with Crippen LogP contribution in [0.15, 0.2) is 22.6 Å². The Morgan fingerprint density at radius 1 is 1.56 bits per heavy atom. The second-order valence-corrected chi connectivity index (χ2v) is 3.48. The van der Waals surface area contributed by atoms with Gasteiger partial charge in [0.2, 0.25) is 5.78 Å². The maximum absolute atomic E-state index is 11.3. The van der Waals surface area contributed by atoms with Crippen LogP contribution < -0.4 is 0 Å². The lowest BCUT2D eigenvalue weighted by molar-refractivity contribution is 0.0986. The summed E-state index contributed by atoms with van der Waals surface area (Å²) in [6.07, 6.45) is 0.307. The van der Waals surface area contributed by atoms with Gasteiger partial charge in [0.05, 0.1) is 18.4 Å². The van der Waals surface area contributed by atoms with Crippen LogP contribution in [-0.4, -0.2) is 16.6 Å². The Morgan fingerprint density at radius 2 is 2.38 bits per heavy atom. The van der Waals surface area contributed by atoms with Gasteiger partial charge in [-0.3, -0.25) is 4.79 Å². The van der Waals surface area contributed by atoms with Crippen LogP contribution in [-0.2, 0) is 6.42 Å². The molecule has 0 unspecified atom stereocenters. The fourth-order valence-corrected chi connectivity index (χ4v) is 1.46. The molecular weight excluding hydrogens is 228 g/mol. The van der Waals surface area contributed by atoms with Crippen LogP contribution in [0.2, 0.25) is 0 Å². The van der Waals surface area contributed by atoms with Crippen molar-refractivity contribution in [2.45, 2.75) is 6.42 Å². The predicted octanol–water partition coefficient (Wildman–Crippen LogP) is 2.32. The third-order valence-corrected chi connectivity index (χ3v) is 2.34. The molecule has 1 aromatic heterocycles. The lowest BCUT2D eigenvalue weighted by Crippen LogP contribution is -1.99. The molecule has 2 aromatic rings. The van der Waals surface area contributed by atoms with Gasteiger partial charge in [-0.05, 0) is 17.7 Å². The molecule has 0 bridgehead atoms. The molecule has 0 spiro atoms. The largest absolute Gasteiger partial charge is 0.434 e. The van der Waals surface area contributed by atoms with Crippen LogP contribution in [0, 0.1) is 11.3 Å². The summed E-state index contributed by atoms with van der Waals surface area (Å²) in [6.45, 7) is 0. The van der Waals surface area contributed by atoms with Gasteiger partial charge in [-0.15, -0.1) is 11.6 Å². The second-order valence-electron chi connectivity index (χ2n) is 3.21. The molecule has 0 atom stereocenters. The van der Waals surface area contributed by atoms with Crippen molar-refractivity contribution in [1.82, 2.24) is 4.98 Å². The Morgan fingerprint density at radius 3 is 3.06 bits per heavy atom. The summed E-state index contributed by atoms with van der Waals surface area (Å²) in [4.78, 5) is 15.3. The number of carbonyl (C=O) groups excluding carboxylic acids is 1. The van der Waals surface area contributed by atoms with E-state index in [1.165, 1.54) is 0 Å². The average molecular weight is 235 g/mol. The van der Waals surface area contributed by atoms with Crippen molar-refractivity contribution in [2.24, 2.45) is 0 Å². The first kappa shape index (κ1) is 10.7. The summed E-state index contributed by atoms with van der Waals surface area (Å²) in [7, 11) is 0. The minimum Gasteiger partial charge on any atom is -0.434 e. The van der Waals surface area contributed by atoms with Gasteiger partial charge >= 0.3 is 0 Å². The van der Waals surface area contributed by atoms with Crippen molar-refractivity contribution in [3.63, 3.8) is 0 Å². The predicted molar refractivity (Wildman–Crippen MR) is 58.4 cm³/mol. The molecule has 80 valence electrons. The van der Waals surface area contributed by atoms with Crippen LogP contribution in [0.25, 0.3) is 11.1 Å². The standard InChI is InChI=1S/C11H7ClN2O2/c12-6-9(15)11-14-8-5-7(3-4-13)1-2-10(8)16-11/h1-2,5H,3,6H2. The lowest BCUT2D eigenvalue weighted by Gasteiger charge is -1.91. The minimum atomic E-state index is -0.348. The fraction of sp³-hybridized carbons (Fsp3) is 0.182. The van der Waals surface area contributed by atoms with Gasteiger partial charge in [0.25, 0.3) is 5.89 Å². The average Bonchev–Trinajstić information content (AvgIpc) is 2.71. The Labute approximate surface area is 96.4 Å². The first-order valence-electron chi connectivity index (χ1n) is 4.60. The molecule has 0 saturated heterocycles. The Bertz CT molecular complexity index is 583. The number of nitriles is 1. The van der Waals surface area contributed by atoms with Crippen molar-refractivity contribution in [1.29, 1.82) is 5.26 Å². The highest BCUT2D eigenvalue weighted by Gasteiger charge is 2.13. The van der Waals surface area contributed by atoms with E-state index in [9.17, 15) is 4.79 Å². The maximum Gasteiger partial charge on any atom is 0.265 e. The molecule has 2 rings (SSSR count). The topological polar surface area (TPSA) is 66.9 Å². The molecule has 5 heteroatoms. The number of carbonyl (C=O) groups is 1. The SMILES string of the molecule is N#CCc1ccc2oc(C(=O)CCl)nc2c1. The van der Waals surface area contributed by atoms with E-state index in [0.29, 0.717) is 17.5 Å². The molecule has 0 N–H and O–H groups in total. The molecule has 16 heavy (non-hydrogen) atoms. The van der Waals surface area contributed by atoms with E-state index in [-0.39, 0.29) is 17.6 Å². The lowest BCUT2D eigenvalue weighted by atomic mass is 10.1. The van der Waals surface area contributed by atoms with Gasteiger partial charge in [0.15, 0.2) is 5.58 Å². The third-order valence-electron chi connectivity index (χ3n) is 2.10. The first-order valence-corrected chi connectivity index (χ1v) is 5.13. The van der Waals surface area contributed by atoms with Crippen LogP contribution in [0.3, 0.4) is 0 Å². The van der Waals surface area contributed by atoms with E-state index in [0.717, 1.165) is 5.56 Å². The molecule has 1 aromatic carbocycles. The van der Waals surface area contributed by atoms with Crippen LogP contribution in [0.5, 0.6) is 0 Å². The zero-order valence-electron chi connectivity index (χ0n) is 8.24. The van der Waals surface area contributed by atoms with Gasteiger partial charge in [-0.25, -0.2) is 4.98 Å². The molecule has 0 aliphatic carbocycles. The highest BCUT2D eigenvalue weighted by Crippen LogP contribution is 2.18. The third kappa shape index (κ3) is 1.90. The van der Waals surface area contributed by atoms with Crippen LogP contribution >= 0.6 is 11.6 Å². The van der Waals surface area contributed by atoms with E-state index < -0.39 is 0 Å². The minimum absolute atomic E-state index is 0.0131. The van der Waals surface area contributed by atoms with Gasteiger partial charge in [-0.1, -0.05) is 6.07 Å². The molecule has 0 amide bonds. The van der Waals surface area contributed by atoms with Gasteiger partial charge in [0.1, 0.15) is 5.52 Å². The molecular formula is C11H7ClN2O2. The van der Waals surface area contributed by atoms with E-state index in [1.54, 1.807) is 18.2 Å². The number of hydrogen-bond acceptors (Lipinski definition) is 4. The molecule has 0 fully saturated rings. The van der Waals surface area contributed by atoms with Crippen LogP contribution in [0.1, 0.15) is 16.2 Å². The number of benzene rings is 1. The summed E-state index contributed by atoms with van der Waals surface area (Å²) in [6, 6.07) is 7.24. The Kier molecular flexibility index (Phi) is 2.88. The zero-order valence-corrected chi connectivity index (χ0v) is 8.99. The molecule has 0 radical (unpaired) electrons. The number of ketones is 1. The smallest absolute Gasteiger partial charge is 0.265 e. The number of aromatic nitrogens is 1. The highest BCUT2D eigenvalue weighted by atomic mass is 35.5. The van der Waals surface area contributed by atoms with Crippen molar-refractivity contribution in [2.75, 3.05) is 5.88 Å². The van der Waals surface area contributed by atoms with E-state index in [1.807, 2.05) is 6.07 Å². The normalized spacial score (nSPS) is 10.2. The van der Waals surface area contributed by atoms with E-state index in [2.05, 4.69) is 4.98 Å². The molecule has 0 aliphatic rings. The second kappa shape index (κ2) is 4.33. The number of oxazole rings is 1. The van der Waals surface area contributed by atoms with Gasteiger partial charge < -0.3 is 4.42 Å². The molecule has 0 aliphatic heterocycles. The van der Waals surface area contributed by atoms with Gasteiger partial charge in [0, 0.05) is 0 Å². The van der Waals surface area contributed by atoms with E-state index in [4.69, 9.17) is 21.3 Å². The molecule has 1 heterocycles. The Balaban J connectivity index is 2.46. The summed E-state index contributed by atoms with van der Waals surface area (Å²) in [5.74, 6) is -0.489. The number of halogens is 1. The molecule has 0 saturated carbocycles. The summed E-state index contributed by atoms with van der Waals surface area (Å²) in [5.41, 5.74) is 1.93. The van der Waals surface area contributed by atoms with Gasteiger partial charge in [-0.2, -0.15) is 5.26 Å². The maximum atomic E-state index is 11.3. The number of alkyl halides is 1. The number of fused-ring (bicyclic) bond motifs is 1. The Hall–Kier alpha value is -1.86. The highest BCUT2D eigenvalue weighted by molar-refractivity contribution is 6.29. The monoisotopic (exact) mass is 234 g/mol. The summed E-state index contributed by atoms with van der Waals surface area (Å²) in [5, 5.41) is 8.56. The zero-order chi connectivity index (χ0) is 11.5. The fourth-order valence-electron chi connectivity index (χ4n) is 1.35. The van der Waals surface area contributed by atoms with Crippen molar-refractivity contribution < 1.29 is 9.21 Å². The summed E-state index contributed by atoms with van der Waals surface area (Å²) >= 11 is 5.40. The summed E-state index contributed by atoms with van der Waals surface area (Å²) < 4.78 is 5.23. The van der Waals surface area contributed by atoms with Crippen molar-refractivity contribution >= 4 is 28.5 Å². The van der Waals surface area contributed by atoms with Crippen molar-refractivity contribution in [3.05, 3.63) is 29.7 Å². The van der Waals surface area contributed by atoms with E-state index >= 15 is 0 Å².